The number of nitrogens with two attached hydrogens (primary N) is 1. The lowest BCUT2D eigenvalue weighted by molar-refractivity contribution is -0.137. The monoisotopic (exact) mass is 257 g/mol. The number of rotatable bonds is 7. The molecule has 1 rings (SSSR count). The van der Waals surface area contributed by atoms with Gasteiger partial charge in [-0.1, -0.05) is 0 Å². The van der Waals surface area contributed by atoms with Gasteiger partial charge in [0.1, 0.15) is 0 Å². The summed E-state index contributed by atoms with van der Waals surface area (Å²) in [4.78, 5) is 24.3. The van der Waals surface area contributed by atoms with E-state index in [0.29, 0.717) is 12.6 Å². The molecule has 0 aromatic heterocycles. The van der Waals surface area contributed by atoms with E-state index in [1.165, 1.54) is 12.8 Å². The normalized spacial score (nSPS) is 19.4. The zero-order valence-electron chi connectivity index (χ0n) is 10.9. The van der Waals surface area contributed by atoms with Crippen LogP contribution < -0.4 is 11.1 Å². The first-order valence-electron chi connectivity index (χ1n) is 6.50. The van der Waals surface area contributed by atoms with E-state index in [2.05, 4.69) is 17.1 Å². The van der Waals surface area contributed by atoms with Crippen LogP contribution in [0, 0.1) is 0 Å². The number of aliphatic carboxylic acids is 1. The van der Waals surface area contributed by atoms with Crippen molar-refractivity contribution >= 4 is 11.9 Å². The van der Waals surface area contributed by atoms with Gasteiger partial charge in [0.15, 0.2) is 0 Å². The second kappa shape index (κ2) is 7.33. The van der Waals surface area contributed by atoms with E-state index in [1.54, 1.807) is 0 Å². The predicted molar refractivity (Wildman–Crippen MR) is 68.1 cm³/mol. The molecule has 0 spiro atoms. The average molecular weight is 257 g/mol. The van der Waals surface area contributed by atoms with Crippen molar-refractivity contribution in [3.05, 3.63) is 0 Å². The van der Waals surface area contributed by atoms with Crippen molar-refractivity contribution in [3.8, 4) is 0 Å². The number of likely N-dealkylation sites (tertiary alicyclic amines) is 1. The molecular weight excluding hydrogens is 234 g/mol. The zero-order valence-corrected chi connectivity index (χ0v) is 10.9. The number of carboxylic acid groups (broad SMARTS) is 1. The summed E-state index contributed by atoms with van der Waals surface area (Å²) in [7, 11) is 0. The van der Waals surface area contributed by atoms with Crippen molar-refractivity contribution < 1.29 is 14.7 Å². The Morgan fingerprint density at radius 3 is 2.56 bits per heavy atom. The fourth-order valence-corrected chi connectivity index (χ4v) is 2.10. The molecule has 0 aromatic carbocycles. The molecule has 1 heterocycles. The molecule has 1 saturated heterocycles. The molecule has 0 saturated carbocycles. The molecule has 2 atom stereocenters. The van der Waals surface area contributed by atoms with Gasteiger partial charge in [-0.05, 0) is 39.3 Å². The molecular formula is C12H23N3O3. The molecule has 6 nitrogen and oxygen atoms in total. The van der Waals surface area contributed by atoms with Gasteiger partial charge in [-0.25, -0.2) is 0 Å². The molecule has 1 amide bonds. The largest absolute Gasteiger partial charge is 0.481 e. The first-order chi connectivity index (χ1) is 8.50. The number of carboxylic acids is 1. The van der Waals surface area contributed by atoms with Gasteiger partial charge in [0.2, 0.25) is 5.91 Å². The number of hydrogen-bond acceptors (Lipinski definition) is 4. The highest BCUT2D eigenvalue weighted by atomic mass is 16.4. The molecule has 0 radical (unpaired) electrons. The molecule has 6 heteroatoms. The van der Waals surface area contributed by atoms with Crippen molar-refractivity contribution in [1.29, 1.82) is 0 Å². The first-order valence-corrected chi connectivity index (χ1v) is 6.50. The molecule has 2 unspecified atom stereocenters. The van der Waals surface area contributed by atoms with Crippen LogP contribution in [0.5, 0.6) is 0 Å². The van der Waals surface area contributed by atoms with E-state index in [1.807, 2.05) is 0 Å². The molecule has 0 bridgehead atoms. The Labute approximate surface area is 108 Å². The topological polar surface area (TPSA) is 95.7 Å². The molecule has 1 aliphatic heterocycles. The highest BCUT2D eigenvalue weighted by Gasteiger charge is 2.20. The number of nitrogens with one attached hydrogen (secondary N) is 1. The maximum Gasteiger partial charge on any atom is 0.303 e. The van der Waals surface area contributed by atoms with Gasteiger partial charge in [-0.3, -0.25) is 14.5 Å². The van der Waals surface area contributed by atoms with Crippen LogP contribution in [0.3, 0.4) is 0 Å². The van der Waals surface area contributed by atoms with Gasteiger partial charge in [-0.2, -0.15) is 0 Å². The van der Waals surface area contributed by atoms with Crippen LogP contribution in [0.4, 0.5) is 0 Å². The quantitative estimate of drug-likeness (QED) is 0.586. The van der Waals surface area contributed by atoms with Crippen molar-refractivity contribution in [1.82, 2.24) is 10.2 Å². The van der Waals surface area contributed by atoms with Crippen LogP contribution >= 0.6 is 0 Å². The molecule has 0 aromatic rings. The third-order valence-corrected chi connectivity index (χ3v) is 3.34. The summed E-state index contributed by atoms with van der Waals surface area (Å²) in [5.41, 5.74) is 5.62. The lowest BCUT2D eigenvalue weighted by Gasteiger charge is -2.24. The number of amides is 1. The minimum absolute atomic E-state index is 0.0731. The average Bonchev–Trinajstić information content (AvgIpc) is 2.86. The maximum atomic E-state index is 11.6. The van der Waals surface area contributed by atoms with Crippen LogP contribution in [-0.2, 0) is 9.59 Å². The van der Waals surface area contributed by atoms with E-state index < -0.39 is 12.0 Å². The Hall–Kier alpha value is -1.14. The standard InChI is InChI=1S/C12H23N3O3/c1-9(15-6-2-3-7-15)8-14-12(18)10(13)4-5-11(16)17/h9-10H,2-8,13H2,1H3,(H,14,18)(H,16,17). The fraction of sp³-hybridized carbons (Fsp3) is 0.833. The highest BCUT2D eigenvalue weighted by Crippen LogP contribution is 2.10. The molecule has 104 valence electrons. The van der Waals surface area contributed by atoms with Crippen molar-refractivity contribution in [2.24, 2.45) is 5.73 Å². The van der Waals surface area contributed by atoms with Crippen LogP contribution in [0.25, 0.3) is 0 Å². The second-order valence-electron chi connectivity index (χ2n) is 4.88. The zero-order chi connectivity index (χ0) is 13.5. The van der Waals surface area contributed by atoms with E-state index in [4.69, 9.17) is 10.8 Å². The van der Waals surface area contributed by atoms with Crippen molar-refractivity contribution in [2.75, 3.05) is 19.6 Å². The predicted octanol–water partition coefficient (Wildman–Crippen LogP) is -0.221. The Morgan fingerprint density at radius 2 is 2.00 bits per heavy atom. The molecule has 1 fully saturated rings. The van der Waals surface area contributed by atoms with Crippen molar-refractivity contribution in [2.45, 2.75) is 44.7 Å². The van der Waals surface area contributed by atoms with Crippen LogP contribution in [0.15, 0.2) is 0 Å². The summed E-state index contributed by atoms with van der Waals surface area (Å²) in [5, 5.41) is 11.3. The maximum absolute atomic E-state index is 11.6. The van der Waals surface area contributed by atoms with E-state index >= 15 is 0 Å². The Balaban J connectivity index is 2.20. The minimum Gasteiger partial charge on any atom is -0.481 e. The van der Waals surface area contributed by atoms with Gasteiger partial charge in [0.05, 0.1) is 6.04 Å². The fourth-order valence-electron chi connectivity index (χ4n) is 2.10. The lowest BCUT2D eigenvalue weighted by Crippen LogP contribution is -2.46. The summed E-state index contributed by atoms with van der Waals surface area (Å²) < 4.78 is 0. The summed E-state index contributed by atoms with van der Waals surface area (Å²) >= 11 is 0. The van der Waals surface area contributed by atoms with Crippen LogP contribution in [0.2, 0.25) is 0 Å². The van der Waals surface area contributed by atoms with Crippen LogP contribution in [-0.4, -0.2) is 53.6 Å². The van der Waals surface area contributed by atoms with Gasteiger partial charge < -0.3 is 16.2 Å². The Morgan fingerprint density at radius 1 is 1.39 bits per heavy atom. The summed E-state index contributed by atoms with van der Waals surface area (Å²) in [6.45, 7) is 4.82. The van der Waals surface area contributed by atoms with E-state index in [9.17, 15) is 9.59 Å². The van der Waals surface area contributed by atoms with E-state index in [0.717, 1.165) is 13.1 Å². The summed E-state index contributed by atoms with van der Waals surface area (Å²) in [5.74, 6) is -1.19. The van der Waals surface area contributed by atoms with Crippen LogP contribution in [0.1, 0.15) is 32.6 Å². The Bertz CT molecular complexity index is 290. The number of hydrogen-bond donors (Lipinski definition) is 3. The summed E-state index contributed by atoms with van der Waals surface area (Å²) in [6.07, 6.45) is 2.54. The highest BCUT2D eigenvalue weighted by molar-refractivity contribution is 5.82. The van der Waals surface area contributed by atoms with E-state index in [-0.39, 0.29) is 18.7 Å². The third kappa shape index (κ3) is 5.01. The first kappa shape index (κ1) is 14.9. The molecule has 4 N–H and O–H groups in total. The number of nitrogens with zero attached hydrogens (tertiary/aromatic N) is 1. The van der Waals surface area contributed by atoms with Gasteiger partial charge in [0, 0.05) is 19.0 Å². The Kier molecular flexibility index (Phi) is 6.07. The minimum atomic E-state index is -0.927. The summed E-state index contributed by atoms with van der Waals surface area (Å²) in [6, 6.07) is -0.421. The molecule has 1 aliphatic rings. The van der Waals surface area contributed by atoms with Gasteiger partial charge in [0.25, 0.3) is 0 Å². The molecule has 18 heavy (non-hydrogen) atoms. The van der Waals surface area contributed by atoms with Crippen molar-refractivity contribution in [3.63, 3.8) is 0 Å². The number of carbonyl (C=O) groups excluding carboxylic acids is 1. The SMILES string of the molecule is CC(CNC(=O)C(N)CCC(=O)O)N1CCCC1. The second-order valence-corrected chi connectivity index (χ2v) is 4.88. The molecule has 0 aliphatic carbocycles. The number of carbonyl (C=O) groups is 2. The smallest absolute Gasteiger partial charge is 0.303 e. The lowest BCUT2D eigenvalue weighted by atomic mass is 10.1. The third-order valence-electron chi connectivity index (χ3n) is 3.34. The van der Waals surface area contributed by atoms with Gasteiger partial charge >= 0.3 is 5.97 Å². The van der Waals surface area contributed by atoms with Gasteiger partial charge in [-0.15, -0.1) is 0 Å².